The number of halogens is 3. The van der Waals surface area contributed by atoms with Crippen LogP contribution in [0.3, 0.4) is 0 Å². The van der Waals surface area contributed by atoms with E-state index in [1.54, 1.807) is 11.4 Å². The molecule has 0 bridgehead atoms. The number of sulfonamides is 1. The highest BCUT2D eigenvalue weighted by Crippen LogP contribution is 2.29. The number of rotatable bonds is 7. The minimum absolute atomic E-state index is 0.0416. The van der Waals surface area contributed by atoms with Crippen molar-refractivity contribution < 1.29 is 26.7 Å². The number of aliphatic hydroxyl groups is 1. The van der Waals surface area contributed by atoms with E-state index in [2.05, 4.69) is 4.72 Å². The number of hydrogen-bond acceptors (Lipinski definition) is 4. The second-order valence-electron chi connectivity index (χ2n) is 5.21. The normalized spacial score (nSPS) is 13.8. The molecule has 2 N–H and O–H groups in total. The first-order valence-corrected chi connectivity index (χ1v) is 9.60. The van der Waals surface area contributed by atoms with E-state index >= 15 is 0 Å². The molecular weight excluding hydrogens is 363 g/mol. The first kappa shape index (κ1) is 18.9. The van der Waals surface area contributed by atoms with Crippen molar-refractivity contribution in [2.45, 2.75) is 24.5 Å². The summed E-state index contributed by atoms with van der Waals surface area (Å²) in [5.41, 5.74) is 0.159. The van der Waals surface area contributed by atoms with Crippen molar-refractivity contribution in [2.75, 3.05) is 6.54 Å². The first-order chi connectivity index (χ1) is 11.2. The van der Waals surface area contributed by atoms with Gasteiger partial charge in [0.2, 0.25) is 10.0 Å². The van der Waals surface area contributed by atoms with E-state index in [0.29, 0.717) is 0 Å². The molecule has 9 heteroatoms. The lowest BCUT2D eigenvalue weighted by atomic mass is 10.1. The number of hydrogen-bond donors (Lipinski definition) is 2. The second kappa shape index (κ2) is 7.64. The summed E-state index contributed by atoms with van der Waals surface area (Å²) in [5, 5.41) is 13.5. The van der Waals surface area contributed by atoms with Crippen LogP contribution >= 0.6 is 11.3 Å². The van der Waals surface area contributed by atoms with Crippen LogP contribution in [0, 0.1) is 0 Å². The largest absolute Gasteiger partial charge is 0.416 e. The quantitative estimate of drug-likeness (QED) is 0.776. The van der Waals surface area contributed by atoms with Gasteiger partial charge in [-0.05, 0) is 46.5 Å². The molecule has 24 heavy (non-hydrogen) atoms. The average Bonchev–Trinajstić information content (AvgIpc) is 3.00. The van der Waals surface area contributed by atoms with E-state index in [9.17, 15) is 26.7 Å². The minimum atomic E-state index is -4.45. The summed E-state index contributed by atoms with van der Waals surface area (Å²) >= 11 is 1.43. The van der Waals surface area contributed by atoms with E-state index in [1.165, 1.54) is 11.3 Å². The van der Waals surface area contributed by atoms with Crippen LogP contribution in [-0.4, -0.2) is 20.1 Å². The number of alkyl halides is 3. The summed E-state index contributed by atoms with van der Waals surface area (Å²) in [6.07, 6.45) is -5.00. The van der Waals surface area contributed by atoms with Gasteiger partial charge in [0.25, 0.3) is 0 Å². The summed E-state index contributed by atoms with van der Waals surface area (Å²) in [4.78, 5) is 0. The Labute approximate surface area is 142 Å². The van der Waals surface area contributed by atoms with Gasteiger partial charge in [0.1, 0.15) is 0 Å². The highest BCUT2D eigenvalue weighted by atomic mass is 32.2. The van der Waals surface area contributed by atoms with Crippen molar-refractivity contribution >= 4 is 21.4 Å². The third-order valence-electron chi connectivity index (χ3n) is 3.31. The van der Waals surface area contributed by atoms with Gasteiger partial charge in [-0.3, -0.25) is 0 Å². The molecule has 1 aromatic heterocycles. The molecule has 0 fully saturated rings. The van der Waals surface area contributed by atoms with Gasteiger partial charge in [0.15, 0.2) is 0 Å². The Balaban J connectivity index is 1.87. The number of nitrogens with one attached hydrogen (secondary N) is 1. The maximum absolute atomic E-state index is 12.5. The van der Waals surface area contributed by atoms with Gasteiger partial charge in [-0.1, -0.05) is 12.1 Å². The summed E-state index contributed by atoms with van der Waals surface area (Å²) in [5.74, 6) is -0.417. The Morgan fingerprint density at radius 1 is 1.17 bits per heavy atom. The lowest BCUT2D eigenvalue weighted by molar-refractivity contribution is -0.137. The van der Waals surface area contributed by atoms with Crippen LogP contribution in [0.15, 0.2) is 41.1 Å². The van der Waals surface area contributed by atoms with E-state index in [0.717, 1.165) is 29.8 Å². The molecule has 132 valence electrons. The van der Waals surface area contributed by atoms with E-state index in [-0.39, 0.29) is 18.5 Å². The van der Waals surface area contributed by atoms with Gasteiger partial charge in [-0.15, -0.1) is 0 Å². The molecule has 1 aromatic carbocycles. The number of aliphatic hydroxyl groups excluding tert-OH is 1. The molecule has 1 unspecified atom stereocenters. The zero-order valence-corrected chi connectivity index (χ0v) is 14.1. The molecule has 0 saturated carbocycles. The monoisotopic (exact) mass is 379 g/mol. The first-order valence-electron chi connectivity index (χ1n) is 7.01. The zero-order valence-electron chi connectivity index (χ0n) is 12.5. The molecule has 0 aliphatic carbocycles. The van der Waals surface area contributed by atoms with Crippen LogP contribution in [0.4, 0.5) is 13.2 Å². The van der Waals surface area contributed by atoms with Gasteiger partial charge in [0, 0.05) is 6.54 Å². The van der Waals surface area contributed by atoms with E-state index in [1.807, 2.05) is 5.38 Å². The molecule has 4 nitrogen and oxygen atoms in total. The fraction of sp³-hybridized carbons (Fsp3) is 0.333. The molecule has 1 atom stereocenters. The zero-order chi connectivity index (χ0) is 17.8. The number of benzene rings is 1. The van der Waals surface area contributed by atoms with E-state index in [4.69, 9.17) is 0 Å². The molecule has 0 amide bonds. The summed E-state index contributed by atoms with van der Waals surface area (Å²) in [6, 6.07) is 5.74. The highest BCUT2D eigenvalue weighted by Gasteiger charge is 2.30. The Kier molecular flexibility index (Phi) is 6.02. The molecule has 0 saturated heterocycles. The van der Waals surface area contributed by atoms with Crippen LogP contribution < -0.4 is 4.72 Å². The summed E-state index contributed by atoms with van der Waals surface area (Å²) < 4.78 is 63.6. The van der Waals surface area contributed by atoms with Crippen molar-refractivity contribution in [3.63, 3.8) is 0 Å². The van der Waals surface area contributed by atoms with Crippen molar-refractivity contribution in [2.24, 2.45) is 0 Å². The predicted molar refractivity (Wildman–Crippen MR) is 86.0 cm³/mol. The van der Waals surface area contributed by atoms with Crippen LogP contribution in [0.5, 0.6) is 0 Å². The molecule has 0 aliphatic heterocycles. The molecular formula is C15H16F3NO3S2. The maximum Gasteiger partial charge on any atom is 0.416 e. The van der Waals surface area contributed by atoms with Crippen molar-refractivity contribution in [1.82, 2.24) is 4.72 Å². The Hall–Kier alpha value is -1.42. The molecule has 2 aromatic rings. The summed E-state index contributed by atoms with van der Waals surface area (Å²) in [7, 11) is -3.69. The number of thiophene rings is 1. The summed E-state index contributed by atoms with van der Waals surface area (Å²) in [6.45, 7) is 0.0416. The third-order valence-corrected chi connectivity index (χ3v) is 5.36. The topological polar surface area (TPSA) is 66.4 Å². The van der Waals surface area contributed by atoms with Crippen LogP contribution in [-0.2, 0) is 22.0 Å². The smallest absolute Gasteiger partial charge is 0.388 e. The second-order valence-corrected chi connectivity index (χ2v) is 7.80. The minimum Gasteiger partial charge on any atom is -0.388 e. The Bertz CT molecular complexity index is 741. The van der Waals surface area contributed by atoms with Gasteiger partial charge in [-0.25, -0.2) is 13.1 Å². The lowest BCUT2D eigenvalue weighted by Gasteiger charge is -2.11. The predicted octanol–water partition coefficient (Wildman–Crippen LogP) is 3.31. The van der Waals surface area contributed by atoms with Crippen molar-refractivity contribution in [3.8, 4) is 0 Å². The van der Waals surface area contributed by atoms with Gasteiger partial charge in [0.05, 0.1) is 17.4 Å². The van der Waals surface area contributed by atoms with Gasteiger partial charge in [-0.2, -0.15) is 24.5 Å². The fourth-order valence-corrected chi connectivity index (χ4v) is 3.91. The molecule has 0 aliphatic rings. The SMILES string of the molecule is O=S(=O)(Cc1ccc(C(F)(F)F)cc1)NCCC(O)c1ccsc1. The van der Waals surface area contributed by atoms with Gasteiger partial charge < -0.3 is 5.11 Å². The molecule has 0 spiro atoms. The molecule has 2 rings (SSSR count). The van der Waals surface area contributed by atoms with Crippen LogP contribution in [0.2, 0.25) is 0 Å². The van der Waals surface area contributed by atoms with Crippen LogP contribution in [0.1, 0.15) is 29.2 Å². The third kappa shape index (κ3) is 5.59. The average molecular weight is 379 g/mol. The molecule has 1 heterocycles. The Morgan fingerprint density at radius 3 is 2.38 bits per heavy atom. The van der Waals surface area contributed by atoms with Crippen molar-refractivity contribution in [1.29, 1.82) is 0 Å². The standard InChI is InChI=1S/C15H16F3NO3S2/c16-15(17,18)13-3-1-11(2-4-13)10-24(21,22)19-7-5-14(20)12-6-8-23-9-12/h1-4,6,8-9,14,19-20H,5,7,10H2. The maximum atomic E-state index is 12.5. The molecule has 0 radical (unpaired) electrons. The Morgan fingerprint density at radius 2 is 1.83 bits per heavy atom. The van der Waals surface area contributed by atoms with E-state index < -0.39 is 33.6 Å². The van der Waals surface area contributed by atoms with Gasteiger partial charge >= 0.3 is 6.18 Å². The van der Waals surface area contributed by atoms with Crippen molar-refractivity contribution in [3.05, 3.63) is 57.8 Å². The highest BCUT2D eigenvalue weighted by molar-refractivity contribution is 7.88. The lowest BCUT2D eigenvalue weighted by Crippen LogP contribution is -2.27. The van der Waals surface area contributed by atoms with Crippen LogP contribution in [0.25, 0.3) is 0 Å². The fourth-order valence-electron chi connectivity index (χ4n) is 2.04.